The first kappa shape index (κ1) is 14.5. The smallest absolute Gasteiger partial charge is 0.263 e. The normalized spacial score (nSPS) is 11.7. The number of benzene rings is 1. The molecule has 0 bridgehead atoms. The topological polar surface area (TPSA) is 77.7 Å². The summed E-state index contributed by atoms with van der Waals surface area (Å²) in [7, 11) is -3.70. The fourth-order valence-corrected chi connectivity index (χ4v) is 3.86. The van der Waals surface area contributed by atoms with Crippen molar-refractivity contribution in [3.8, 4) is 11.1 Å². The Labute approximate surface area is 138 Å². The molecule has 3 heterocycles. The molecule has 0 radical (unpaired) electrons. The summed E-state index contributed by atoms with van der Waals surface area (Å²) in [6, 6.07) is 10.5. The van der Waals surface area contributed by atoms with Crippen molar-refractivity contribution < 1.29 is 8.42 Å². The van der Waals surface area contributed by atoms with Crippen molar-refractivity contribution in [1.82, 2.24) is 18.9 Å². The van der Waals surface area contributed by atoms with Crippen LogP contribution in [0.2, 0.25) is 0 Å². The second-order valence-corrected chi connectivity index (χ2v) is 7.02. The summed E-state index contributed by atoms with van der Waals surface area (Å²) >= 11 is 0. The first-order valence-corrected chi connectivity index (χ1v) is 8.62. The predicted octanol–water partition coefficient (Wildman–Crippen LogP) is 2.73. The molecule has 0 aliphatic heterocycles. The van der Waals surface area contributed by atoms with Crippen LogP contribution in [0, 0.1) is 0 Å². The molecule has 0 fully saturated rings. The highest BCUT2D eigenvalue weighted by atomic mass is 32.2. The van der Waals surface area contributed by atoms with Gasteiger partial charge >= 0.3 is 0 Å². The van der Waals surface area contributed by atoms with Crippen LogP contribution in [0.3, 0.4) is 0 Å². The van der Waals surface area contributed by atoms with E-state index in [-0.39, 0.29) is 4.90 Å². The van der Waals surface area contributed by atoms with E-state index in [1.165, 1.54) is 22.6 Å². The molecule has 0 aliphatic rings. The zero-order valence-corrected chi connectivity index (χ0v) is 13.3. The molecule has 0 aliphatic carbocycles. The average molecular weight is 336 g/mol. The molecule has 4 aromatic rings. The van der Waals surface area contributed by atoms with Gasteiger partial charge in [0.2, 0.25) is 0 Å². The van der Waals surface area contributed by atoms with Crippen molar-refractivity contribution in [2.75, 3.05) is 0 Å². The van der Waals surface area contributed by atoms with Crippen LogP contribution in [0.1, 0.15) is 0 Å². The van der Waals surface area contributed by atoms with E-state index in [2.05, 4.69) is 15.0 Å². The third kappa shape index (κ3) is 2.35. The Morgan fingerprint density at radius 2 is 1.71 bits per heavy atom. The SMILES string of the molecule is O=S(=O)(c1cccnc1)n1ccc2ccc(-c3cncnc3)cc21. The lowest BCUT2D eigenvalue weighted by Crippen LogP contribution is -2.11. The highest BCUT2D eigenvalue weighted by Gasteiger charge is 2.19. The van der Waals surface area contributed by atoms with Gasteiger partial charge in [0.15, 0.2) is 0 Å². The van der Waals surface area contributed by atoms with E-state index in [9.17, 15) is 8.42 Å². The van der Waals surface area contributed by atoms with Crippen LogP contribution in [0.25, 0.3) is 22.0 Å². The van der Waals surface area contributed by atoms with E-state index in [4.69, 9.17) is 0 Å². The summed E-state index contributed by atoms with van der Waals surface area (Å²) in [4.78, 5) is 12.1. The summed E-state index contributed by atoms with van der Waals surface area (Å²) in [6.45, 7) is 0. The van der Waals surface area contributed by atoms with Crippen LogP contribution in [-0.4, -0.2) is 27.3 Å². The molecule has 24 heavy (non-hydrogen) atoms. The van der Waals surface area contributed by atoms with E-state index in [0.717, 1.165) is 16.5 Å². The number of hydrogen-bond acceptors (Lipinski definition) is 5. The number of pyridine rings is 1. The maximum Gasteiger partial charge on any atom is 0.269 e. The quantitative estimate of drug-likeness (QED) is 0.575. The van der Waals surface area contributed by atoms with Gasteiger partial charge in [0, 0.05) is 41.9 Å². The Kier molecular flexibility index (Phi) is 3.35. The molecule has 0 spiro atoms. The molecule has 0 amide bonds. The molecule has 0 unspecified atom stereocenters. The summed E-state index contributed by atoms with van der Waals surface area (Å²) in [6.07, 6.45) is 9.28. The molecule has 6 nitrogen and oxygen atoms in total. The zero-order valence-electron chi connectivity index (χ0n) is 12.4. The van der Waals surface area contributed by atoms with E-state index < -0.39 is 10.0 Å². The number of fused-ring (bicyclic) bond motifs is 1. The van der Waals surface area contributed by atoms with Crippen molar-refractivity contribution in [3.63, 3.8) is 0 Å². The molecule has 4 rings (SSSR count). The highest BCUT2D eigenvalue weighted by Crippen LogP contribution is 2.26. The molecular weight excluding hydrogens is 324 g/mol. The molecule has 0 saturated heterocycles. The van der Waals surface area contributed by atoms with Crippen LogP contribution in [-0.2, 0) is 10.0 Å². The van der Waals surface area contributed by atoms with E-state index in [1.54, 1.807) is 36.9 Å². The lowest BCUT2D eigenvalue weighted by atomic mass is 10.1. The lowest BCUT2D eigenvalue weighted by molar-refractivity contribution is 0.588. The van der Waals surface area contributed by atoms with Gasteiger partial charge in [-0.25, -0.2) is 22.4 Å². The van der Waals surface area contributed by atoms with Crippen molar-refractivity contribution in [2.24, 2.45) is 0 Å². The number of aromatic nitrogens is 4. The second-order valence-electron chi connectivity index (χ2n) is 5.21. The van der Waals surface area contributed by atoms with Crippen molar-refractivity contribution >= 4 is 20.9 Å². The predicted molar refractivity (Wildman–Crippen MR) is 89.8 cm³/mol. The number of rotatable bonds is 3. The summed E-state index contributed by atoms with van der Waals surface area (Å²) in [5, 5.41) is 0.836. The maximum absolute atomic E-state index is 12.9. The number of nitrogens with zero attached hydrogens (tertiary/aromatic N) is 4. The van der Waals surface area contributed by atoms with Crippen LogP contribution in [0.15, 0.2) is 78.6 Å². The minimum atomic E-state index is -3.70. The lowest BCUT2D eigenvalue weighted by Gasteiger charge is -2.08. The summed E-state index contributed by atoms with van der Waals surface area (Å²) in [5.41, 5.74) is 2.27. The minimum absolute atomic E-state index is 0.149. The van der Waals surface area contributed by atoms with Gasteiger partial charge in [-0.2, -0.15) is 0 Å². The van der Waals surface area contributed by atoms with E-state index in [1.807, 2.05) is 18.2 Å². The van der Waals surface area contributed by atoms with Gasteiger partial charge in [0.05, 0.1) is 5.52 Å². The van der Waals surface area contributed by atoms with Gasteiger partial charge in [-0.05, 0) is 29.8 Å². The molecule has 0 N–H and O–H groups in total. The molecule has 0 saturated carbocycles. The first-order chi connectivity index (χ1) is 11.7. The van der Waals surface area contributed by atoms with E-state index in [0.29, 0.717) is 5.52 Å². The highest BCUT2D eigenvalue weighted by molar-refractivity contribution is 7.90. The fourth-order valence-electron chi connectivity index (χ4n) is 2.55. The Balaban J connectivity index is 1.91. The van der Waals surface area contributed by atoms with Crippen LogP contribution in [0.5, 0.6) is 0 Å². The summed E-state index contributed by atoms with van der Waals surface area (Å²) in [5.74, 6) is 0. The molecule has 118 valence electrons. The monoisotopic (exact) mass is 336 g/mol. The molecule has 0 atom stereocenters. The van der Waals surface area contributed by atoms with Crippen LogP contribution in [0.4, 0.5) is 0 Å². The van der Waals surface area contributed by atoms with Crippen LogP contribution >= 0.6 is 0 Å². The van der Waals surface area contributed by atoms with Gasteiger partial charge in [0.1, 0.15) is 11.2 Å². The Morgan fingerprint density at radius 3 is 2.46 bits per heavy atom. The van der Waals surface area contributed by atoms with Crippen LogP contribution < -0.4 is 0 Å². The minimum Gasteiger partial charge on any atom is -0.263 e. The largest absolute Gasteiger partial charge is 0.269 e. The molecule has 1 aromatic carbocycles. The fraction of sp³-hybridized carbons (Fsp3) is 0. The van der Waals surface area contributed by atoms with Crippen molar-refractivity contribution in [3.05, 3.63) is 73.7 Å². The van der Waals surface area contributed by atoms with Gasteiger partial charge in [-0.3, -0.25) is 4.98 Å². The zero-order chi connectivity index (χ0) is 16.6. The molecule has 3 aromatic heterocycles. The molecular formula is C17H12N4O2S. The maximum atomic E-state index is 12.9. The summed E-state index contributed by atoms with van der Waals surface area (Å²) < 4.78 is 27.0. The molecule has 7 heteroatoms. The standard InChI is InChI=1S/C17H12N4O2S/c22-24(23,16-2-1-6-18-11-16)21-7-5-13-3-4-14(8-17(13)21)15-9-19-12-20-10-15/h1-12H. The Hall–Kier alpha value is -3.06. The Bertz CT molecular complexity index is 1110. The van der Waals surface area contributed by atoms with Crippen molar-refractivity contribution in [1.29, 1.82) is 0 Å². The second kappa shape index (κ2) is 5.54. The third-order valence-electron chi connectivity index (χ3n) is 3.74. The van der Waals surface area contributed by atoms with Crippen molar-refractivity contribution in [2.45, 2.75) is 4.90 Å². The first-order valence-electron chi connectivity index (χ1n) is 7.18. The van der Waals surface area contributed by atoms with E-state index >= 15 is 0 Å². The van der Waals surface area contributed by atoms with Gasteiger partial charge in [-0.15, -0.1) is 0 Å². The Morgan fingerprint density at radius 1 is 0.875 bits per heavy atom. The third-order valence-corrected chi connectivity index (χ3v) is 5.42. The van der Waals surface area contributed by atoms with Gasteiger partial charge in [-0.1, -0.05) is 12.1 Å². The van der Waals surface area contributed by atoms with Gasteiger partial charge in [0.25, 0.3) is 10.0 Å². The number of hydrogen-bond donors (Lipinski definition) is 0. The average Bonchev–Trinajstić information content (AvgIpc) is 3.07. The van der Waals surface area contributed by atoms with Gasteiger partial charge < -0.3 is 0 Å².